The molecule has 18 heavy (non-hydrogen) atoms. The molecule has 4 heteroatoms. The maximum Gasteiger partial charge on any atom is 0.182 e. The van der Waals surface area contributed by atoms with Crippen molar-refractivity contribution < 1.29 is 4.74 Å². The van der Waals surface area contributed by atoms with Crippen LogP contribution in [0.4, 0.5) is 5.13 Å². The highest BCUT2D eigenvalue weighted by Crippen LogP contribution is 2.24. The molecule has 1 heterocycles. The number of thiazole rings is 1. The molecule has 0 unspecified atom stereocenters. The monoisotopic (exact) mass is 262 g/mol. The van der Waals surface area contributed by atoms with Crippen molar-refractivity contribution in [2.45, 2.75) is 20.3 Å². The summed E-state index contributed by atoms with van der Waals surface area (Å²) >= 11 is 1.70. The Hall–Kier alpha value is -1.55. The lowest BCUT2D eigenvalue weighted by Crippen LogP contribution is -1.94. The Labute approximate surface area is 112 Å². The zero-order valence-electron chi connectivity index (χ0n) is 11.0. The number of nitrogens with zero attached hydrogens (tertiary/aromatic N) is 1. The predicted molar refractivity (Wildman–Crippen MR) is 76.8 cm³/mol. The number of aromatic nitrogens is 1. The fourth-order valence-electron chi connectivity index (χ4n) is 1.76. The maximum atomic E-state index is 5.43. The van der Waals surface area contributed by atoms with Gasteiger partial charge in [-0.2, -0.15) is 0 Å². The molecule has 0 saturated heterocycles. The lowest BCUT2D eigenvalue weighted by Gasteiger charge is -2.04. The predicted octanol–water partition coefficient (Wildman–Crippen LogP) is 3.48. The fourth-order valence-corrected chi connectivity index (χ4v) is 2.55. The van der Waals surface area contributed by atoms with Gasteiger partial charge in [-0.15, -0.1) is 11.3 Å². The zero-order chi connectivity index (χ0) is 13.0. The van der Waals surface area contributed by atoms with Gasteiger partial charge in [0.25, 0.3) is 0 Å². The highest BCUT2D eigenvalue weighted by Gasteiger charge is 2.07. The molecule has 3 nitrogen and oxygen atoms in total. The topological polar surface area (TPSA) is 34.1 Å². The molecule has 0 spiro atoms. The second kappa shape index (κ2) is 5.87. The third-order valence-corrected chi connectivity index (χ3v) is 3.74. The third kappa shape index (κ3) is 3.01. The van der Waals surface area contributed by atoms with Crippen LogP contribution in [0, 0.1) is 6.92 Å². The van der Waals surface area contributed by atoms with Crippen LogP contribution in [0.3, 0.4) is 0 Å². The summed E-state index contributed by atoms with van der Waals surface area (Å²) in [6.07, 6.45) is 0.871. The van der Waals surface area contributed by atoms with Gasteiger partial charge in [0.1, 0.15) is 5.75 Å². The van der Waals surface area contributed by atoms with E-state index in [1.165, 1.54) is 10.4 Å². The van der Waals surface area contributed by atoms with Gasteiger partial charge in [0.2, 0.25) is 0 Å². The van der Waals surface area contributed by atoms with Crippen molar-refractivity contribution in [2.24, 2.45) is 0 Å². The number of ether oxygens (including phenoxy) is 1. The Morgan fingerprint density at radius 2 is 2.00 bits per heavy atom. The van der Waals surface area contributed by atoms with E-state index < -0.39 is 0 Å². The minimum atomic E-state index is 0.704. The number of benzene rings is 1. The SMILES string of the molecule is CCOc1ccc(Cc2nc(NC)sc2C)cc1. The molecule has 0 aliphatic heterocycles. The smallest absolute Gasteiger partial charge is 0.182 e. The van der Waals surface area contributed by atoms with E-state index in [4.69, 9.17) is 4.74 Å². The van der Waals surface area contributed by atoms with E-state index in [1.807, 2.05) is 26.1 Å². The van der Waals surface area contributed by atoms with Gasteiger partial charge in [0.15, 0.2) is 5.13 Å². The molecule has 0 fully saturated rings. The van der Waals surface area contributed by atoms with Crippen molar-refractivity contribution in [3.05, 3.63) is 40.4 Å². The molecule has 0 bridgehead atoms. The highest BCUT2D eigenvalue weighted by molar-refractivity contribution is 7.15. The third-order valence-electron chi connectivity index (χ3n) is 2.71. The van der Waals surface area contributed by atoms with Crippen molar-refractivity contribution in [1.29, 1.82) is 0 Å². The van der Waals surface area contributed by atoms with Gasteiger partial charge in [-0.1, -0.05) is 12.1 Å². The molecule has 0 aliphatic carbocycles. The summed E-state index contributed by atoms with van der Waals surface area (Å²) in [5.41, 5.74) is 2.41. The Bertz CT molecular complexity index is 505. The quantitative estimate of drug-likeness (QED) is 0.895. The van der Waals surface area contributed by atoms with Gasteiger partial charge in [-0.05, 0) is 31.5 Å². The molecule has 2 rings (SSSR count). The number of hydrogen-bond acceptors (Lipinski definition) is 4. The molecule has 1 aromatic heterocycles. The van der Waals surface area contributed by atoms with Crippen LogP contribution < -0.4 is 10.1 Å². The van der Waals surface area contributed by atoms with Crippen LogP contribution in [0.15, 0.2) is 24.3 Å². The normalized spacial score (nSPS) is 10.4. The standard InChI is InChI=1S/C14H18N2OS/c1-4-17-12-7-5-11(6-8-12)9-13-10(2)18-14(15-3)16-13/h5-8H,4,9H2,1-3H3,(H,15,16). The lowest BCUT2D eigenvalue weighted by atomic mass is 10.1. The van der Waals surface area contributed by atoms with Crippen molar-refractivity contribution in [3.8, 4) is 5.75 Å². The van der Waals surface area contributed by atoms with Gasteiger partial charge in [0.05, 0.1) is 12.3 Å². The Kier molecular flexibility index (Phi) is 4.20. The van der Waals surface area contributed by atoms with Crippen LogP contribution >= 0.6 is 11.3 Å². The molecular formula is C14H18N2OS. The van der Waals surface area contributed by atoms with E-state index >= 15 is 0 Å². The van der Waals surface area contributed by atoms with E-state index in [0.717, 1.165) is 23.0 Å². The largest absolute Gasteiger partial charge is 0.494 e. The molecule has 96 valence electrons. The van der Waals surface area contributed by atoms with Crippen molar-refractivity contribution in [3.63, 3.8) is 0 Å². The summed E-state index contributed by atoms with van der Waals surface area (Å²) in [7, 11) is 1.90. The van der Waals surface area contributed by atoms with Gasteiger partial charge >= 0.3 is 0 Å². The molecular weight excluding hydrogens is 244 g/mol. The van der Waals surface area contributed by atoms with E-state index in [1.54, 1.807) is 11.3 Å². The first-order valence-electron chi connectivity index (χ1n) is 6.08. The maximum absolute atomic E-state index is 5.43. The summed E-state index contributed by atoms with van der Waals surface area (Å²) in [6, 6.07) is 8.23. The zero-order valence-corrected chi connectivity index (χ0v) is 11.8. The average molecular weight is 262 g/mol. The second-order valence-corrected chi connectivity index (χ2v) is 5.23. The van der Waals surface area contributed by atoms with Gasteiger partial charge in [-0.3, -0.25) is 0 Å². The number of rotatable bonds is 5. The first-order chi connectivity index (χ1) is 8.72. The lowest BCUT2D eigenvalue weighted by molar-refractivity contribution is 0.340. The highest BCUT2D eigenvalue weighted by atomic mass is 32.1. The summed E-state index contributed by atoms with van der Waals surface area (Å²) in [5.74, 6) is 0.923. The number of aryl methyl sites for hydroxylation is 1. The molecule has 1 aromatic carbocycles. The molecule has 0 aliphatic rings. The van der Waals surface area contributed by atoms with Crippen LogP contribution in [0.2, 0.25) is 0 Å². The second-order valence-electron chi connectivity index (χ2n) is 4.03. The van der Waals surface area contributed by atoms with Crippen LogP contribution in [0.1, 0.15) is 23.1 Å². The van der Waals surface area contributed by atoms with Crippen LogP contribution in [-0.4, -0.2) is 18.6 Å². The molecule has 1 N–H and O–H groups in total. The average Bonchev–Trinajstić information content (AvgIpc) is 2.73. The molecule has 2 aromatic rings. The van der Waals surface area contributed by atoms with E-state index in [2.05, 4.69) is 29.4 Å². The first kappa shape index (κ1) is 12.9. The molecule has 0 atom stereocenters. The van der Waals surface area contributed by atoms with Crippen LogP contribution in [0.5, 0.6) is 5.75 Å². The fraction of sp³-hybridized carbons (Fsp3) is 0.357. The molecule has 0 radical (unpaired) electrons. The van der Waals surface area contributed by atoms with Crippen LogP contribution in [0.25, 0.3) is 0 Å². The summed E-state index contributed by atoms with van der Waals surface area (Å²) in [5, 5.41) is 4.07. The molecule has 0 saturated carbocycles. The minimum Gasteiger partial charge on any atom is -0.494 e. The van der Waals surface area contributed by atoms with Crippen molar-refractivity contribution >= 4 is 16.5 Å². The summed E-state index contributed by atoms with van der Waals surface area (Å²) in [4.78, 5) is 5.83. The molecule has 0 amide bonds. The number of anilines is 1. The Morgan fingerprint density at radius 3 is 2.56 bits per heavy atom. The number of nitrogens with one attached hydrogen (secondary N) is 1. The summed E-state index contributed by atoms with van der Waals surface area (Å²) < 4.78 is 5.43. The van der Waals surface area contributed by atoms with Crippen molar-refractivity contribution in [2.75, 3.05) is 19.0 Å². The Morgan fingerprint density at radius 1 is 1.28 bits per heavy atom. The van der Waals surface area contributed by atoms with Gasteiger partial charge < -0.3 is 10.1 Å². The first-order valence-corrected chi connectivity index (χ1v) is 6.90. The Balaban J connectivity index is 2.10. The van der Waals surface area contributed by atoms with Gasteiger partial charge in [-0.25, -0.2) is 4.98 Å². The van der Waals surface area contributed by atoms with Gasteiger partial charge in [0, 0.05) is 18.3 Å². The van der Waals surface area contributed by atoms with E-state index in [0.29, 0.717) is 6.61 Å². The number of hydrogen-bond donors (Lipinski definition) is 1. The van der Waals surface area contributed by atoms with E-state index in [9.17, 15) is 0 Å². The minimum absolute atomic E-state index is 0.704. The van der Waals surface area contributed by atoms with Crippen molar-refractivity contribution in [1.82, 2.24) is 4.98 Å². The van der Waals surface area contributed by atoms with E-state index in [-0.39, 0.29) is 0 Å². The summed E-state index contributed by atoms with van der Waals surface area (Å²) in [6.45, 7) is 4.81. The van der Waals surface area contributed by atoms with Crippen LogP contribution in [-0.2, 0) is 6.42 Å².